The monoisotopic (exact) mass is 482 g/mol. The fraction of sp³-hybridized carbons (Fsp3) is 0.308. The smallest absolute Gasteiger partial charge is 0.393 e. The second kappa shape index (κ2) is 8.86. The summed E-state index contributed by atoms with van der Waals surface area (Å²) >= 11 is 0. The molecule has 2 aromatic heterocycles. The highest BCUT2D eigenvalue weighted by Crippen LogP contribution is 2.38. The van der Waals surface area contributed by atoms with E-state index in [4.69, 9.17) is 0 Å². The molecule has 0 aliphatic heterocycles. The van der Waals surface area contributed by atoms with Crippen LogP contribution in [0.5, 0.6) is 0 Å². The van der Waals surface area contributed by atoms with Crippen molar-refractivity contribution >= 4 is 22.5 Å². The summed E-state index contributed by atoms with van der Waals surface area (Å²) in [5, 5.41) is 22.9. The van der Waals surface area contributed by atoms with Crippen molar-refractivity contribution in [3.63, 3.8) is 0 Å². The maximum Gasteiger partial charge on any atom is 0.416 e. The number of aliphatic hydroxyl groups is 1. The average Bonchev–Trinajstić information content (AvgIpc) is 3.42. The number of aliphatic hydroxyl groups excluding tert-OH is 1. The number of imidazole rings is 1. The summed E-state index contributed by atoms with van der Waals surface area (Å²) < 4.78 is 56.9. The number of pyridine rings is 1. The van der Waals surface area contributed by atoms with Gasteiger partial charge in [0, 0.05) is 12.1 Å². The van der Waals surface area contributed by atoms with Gasteiger partial charge >= 0.3 is 6.18 Å². The zero-order valence-electron chi connectivity index (χ0n) is 18.6. The van der Waals surface area contributed by atoms with Gasteiger partial charge in [-0.3, -0.25) is 4.40 Å². The van der Waals surface area contributed by atoms with Crippen LogP contribution in [0.1, 0.15) is 36.8 Å². The largest absolute Gasteiger partial charge is 0.416 e. The van der Waals surface area contributed by atoms with Gasteiger partial charge in [-0.25, -0.2) is 9.37 Å². The zero-order valence-corrected chi connectivity index (χ0v) is 18.6. The lowest BCUT2D eigenvalue weighted by Gasteiger charge is -2.17. The van der Waals surface area contributed by atoms with Crippen LogP contribution in [0.3, 0.4) is 0 Å². The van der Waals surface area contributed by atoms with Crippen molar-refractivity contribution in [2.24, 2.45) is 5.92 Å². The van der Waals surface area contributed by atoms with Gasteiger partial charge in [-0.15, -0.1) is 0 Å². The number of hydrogen-bond acceptors (Lipinski definition) is 4. The molecule has 4 aromatic rings. The highest BCUT2D eigenvalue weighted by molar-refractivity contribution is 5.90. The van der Waals surface area contributed by atoms with Crippen molar-refractivity contribution in [2.75, 3.05) is 11.9 Å². The SMILES string of the molecule is N#Cc1c(-c2ccc(C(F)(F)F)cc2)c(F)c(NCCC2CCC(O)C2)n2c1nc1ccccc12. The Bertz CT molecular complexity index is 1440. The Labute approximate surface area is 198 Å². The quantitative estimate of drug-likeness (QED) is 0.335. The Morgan fingerprint density at radius 2 is 1.86 bits per heavy atom. The first-order chi connectivity index (χ1) is 16.8. The lowest BCUT2D eigenvalue weighted by Crippen LogP contribution is -2.13. The Kier molecular flexibility index (Phi) is 5.85. The fourth-order valence-electron chi connectivity index (χ4n) is 4.92. The molecule has 1 aliphatic rings. The van der Waals surface area contributed by atoms with Crippen LogP contribution < -0.4 is 5.32 Å². The minimum absolute atomic E-state index is 0.0528. The number of nitrogens with zero attached hydrogens (tertiary/aromatic N) is 3. The Morgan fingerprint density at radius 1 is 1.11 bits per heavy atom. The van der Waals surface area contributed by atoms with Crippen molar-refractivity contribution in [3.05, 3.63) is 65.5 Å². The predicted octanol–water partition coefficient (Wildman–Crippen LogP) is 6.15. The van der Waals surface area contributed by atoms with E-state index < -0.39 is 17.6 Å². The molecule has 35 heavy (non-hydrogen) atoms. The van der Waals surface area contributed by atoms with E-state index in [-0.39, 0.29) is 34.3 Å². The van der Waals surface area contributed by atoms with Crippen LogP contribution in [0, 0.1) is 23.1 Å². The van der Waals surface area contributed by atoms with Gasteiger partial charge in [-0.05, 0) is 61.4 Å². The predicted molar refractivity (Wildman–Crippen MR) is 124 cm³/mol. The molecule has 1 fully saturated rings. The normalized spacial score (nSPS) is 18.3. The molecular formula is C26H22F4N4O. The molecule has 2 atom stereocenters. The number of benzene rings is 2. The van der Waals surface area contributed by atoms with Crippen molar-refractivity contribution in [3.8, 4) is 17.2 Å². The highest BCUT2D eigenvalue weighted by atomic mass is 19.4. The van der Waals surface area contributed by atoms with E-state index in [0.717, 1.165) is 31.4 Å². The lowest BCUT2D eigenvalue weighted by atomic mass is 9.99. The number of aromatic nitrogens is 2. The average molecular weight is 482 g/mol. The van der Waals surface area contributed by atoms with Crippen molar-refractivity contribution < 1.29 is 22.7 Å². The number of hydrogen-bond donors (Lipinski definition) is 2. The molecule has 5 nitrogen and oxygen atoms in total. The molecule has 9 heteroatoms. The molecule has 0 spiro atoms. The second-order valence-electron chi connectivity index (χ2n) is 8.91. The Balaban J connectivity index is 1.65. The minimum Gasteiger partial charge on any atom is -0.393 e. The molecule has 2 unspecified atom stereocenters. The third-order valence-corrected chi connectivity index (χ3v) is 6.66. The summed E-state index contributed by atoms with van der Waals surface area (Å²) in [5.41, 5.74) is 0.550. The number of halogens is 4. The first-order valence-electron chi connectivity index (χ1n) is 11.4. The van der Waals surface area contributed by atoms with Gasteiger partial charge in [-0.2, -0.15) is 18.4 Å². The summed E-state index contributed by atoms with van der Waals surface area (Å²) in [6, 6.07) is 13.2. The Morgan fingerprint density at radius 3 is 2.51 bits per heavy atom. The van der Waals surface area contributed by atoms with Gasteiger partial charge in [-0.1, -0.05) is 24.3 Å². The van der Waals surface area contributed by atoms with Gasteiger partial charge in [0.2, 0.25) is 0 Å². The van der Waals surface area contributed by atoms with Gasteiger partial charge in [0.25, 0.3) is 0 Å². The van der Waals surface area contributed by atoms with E-state index in [1.54, 1.807) is 28.7 Å². The summed E-state index contributed by atoms with van der Waals surface area (Å²) in [7, 11) is 0. The molecule has 180 valence electrons. The summed E-state index contributed by atoms with van der Waals surface area (Å²) in [4.78, 5) is 4.55. The van der Waals surface area contributed by atoms with E-state index in [1.807, 2.05) is 6.07 Å². The number of fused-ring (bicyclic) bond motifs is 3. The first-order valence-corrected chi connectivity index (χ1v) is 11.4. The molecule has 0 bridgehead atoms. The van der Waals surface area contributed by atoms with Gasteiger partial charge < -0.3 is 10.4 Å². The third-order valence-electron chi connectivity index (χ3n) is 6.66. The van der Waals surface area contributed by atoms with Crippen LogP contribution >= 0.6 is 0 Å². The van der Waals surface area contributed by atoms with Crippen LogP contribution in [0.15, 0.2) is 48.5 Å². The maximum atomic E-state index is 16.1. The summed E-state index contributed by atoms with van der Waals surface area (Å²) in [5.74, 6) is -0.312. The number of alkyl halides is 3. The number of anilines is 1. The van der Waals surface area contributed by atoms with Crippen LogP contribution in [0.4, 0.5) is 23.4 Å². The van der Waals surface area contributed by atoms with E-state index in [9.17, 15) is 23.5 Å². The molecule has 0 radical (unpaired) electrons. The Hall–Kier alpha value is -3.64. The van der Waals surface area contributed by atoms with Crippen LogP contribution in [0.2, 0.25) is 0 Å². The molecule has 2 aromatic carbocycles. The molecule has 2 heterocycles. The molecule has 5 rings (SSSR count). The number of nitrogens with one attached hydrogen (secondary N) is 1. The molecule has 1 aliphatic carbocycles. The summed E-state index contributed by atoms with van der Waals surface area (Å²) in [6.45, 7) is 0.425. The standard InChI is InChI=1S/C26H22F4N4O/c27-23-22(16-6-8-17(9-7-16)26(28,29)30)19(14-31)24-33-20-3-1-2-4-21(20)34(24)25(23)32-12-11-15-5-10-18(35)13-15/h1-4,6-9,15,18,32,35H,5,10-13H2. The van der Waals surface area contributed by atoms with E-state index in [2.05, 4.69) is 10.3 Å². The topological polar surface area (TPSA) is 73.3 Å². The van der Waals surface area contributed by atoms with E-state index >= 15 is 4.39 Å². The number of para-hydroxylation sites is 2. The molecular weight excluding hydrogens is 460 g/mol. The number of nitriles is 1. The second-order valence-corrected chi connectivity index (χ2v) is 8.91. The molecule has 0 saturated heterocycles. The van der Waals surface area contributed by atoms with Gasteiger partial charge in [0.15, 0.2) is 11.5 Å². The van der Waals surface area contributed by atoms with Crippen LogP contribution in [0.25, 0.3) is 27.8 Å². The van der Waals surface area contributed by atoms with Gasteiger partial charge in [0.05, 0.1) is 22.7 Å². The summed E-state index contributed by atoms with van der Waals surface area (Å²) in [6.07, 6.45) is -1.75. The van der Waals surface area contributed by atoms with E-state index in [0.29, 0.717) is 29.9 Å². The zero-order chi connectivity index (χ0) is 24.7. The number of rotatable bonds is 5. The van der Waals surface area contributed by atoms with E-state index in [1.165, 1.54) is 12.1 Å². The maximum absolute atomic E-state index is 16.1. The molecule has 0 amide bonds. The first kappa shape index (κ1) is 23.1. The third kappa shape index (κ3) is 4.19. The van der Waals surface area contributed by atoms with Crippen LogP contribution in [-0.4, -0.2) is 27.1 Å². The fourth-order valence-corrected chi connectivity index (χ4v) is 4.92. The van der Waals surface area contributed by atoms with Crippen LogP contribution in [-0.2, 0) is 6.18 Å². The minimum atomic E-state index is -4.53. The highest BCUT2D eigenvalue weighted by Gasteiger charge is 2.31. The van der Waals surface area contributed by atoms with Crippen molar-refractivity contribution in [2.45, 2.75) is 38.0 Å². The lowest BCUT2D eigenvalue weighted by molar-refractivity contribution is -0.137. The molecule has 1 saturated carbocycles. The molecule has 2 N–H and O–H groups in total. The van der Waals surface area contributed by atoms with Gasteiger partial charge in [0.1, 0.15) is 17.5 Å². The van der Waals surface area contributed by atoms with Crippen molar-refractivity contribution in [1.82, 2.24) is 9.38 Å². The van der Waals surface area contributed by atoms with Crippen molar-refractivity contribution in [1.29, 1.82) is 5.26 Å².